The Morgan fingerprint density at radius 1 is 0.893 bits per heavy atom. The van der Waals surface area contributed by atoms with E-state index in [-0.39, 0.29) is 11.8 Å². The van der Waals surface area contributed by atoms with E-state index in [9.17, 15) is 9.59 Å². The zero-order valence-electron chi connectivity index (χ0n) is 16.6. The van der Waals surface area contributed by atoms with Gasteiger partial charge in [-0.15, -0.1) is 0 Å². The van der Waals surface area contributed by atoms with Crippen molar-refractivity contribution in [3.8, 4) is 0 Å². The van der Waals surface area contributed by atoms with Gasteiger partial charge in [-0.2, -0.15) is 0 Å². The summed E-state index contributed by atoms with van der Waals surface area (Å²) in [6.07, 6.45) is 6.23. The monoisotopic (exact) mass is 383 g/mol. The lowest BCUT2D eigenvalue weighted by Gasteiger charge is -2.33. The summed E-state index contributed by atoms with van der Waals surface area (Å²) in [6.45, 7) is 7.85. The van der Waals surface area contributed by atoms with Gasteiger partial charge >= 0.3 is 0 Å². The topological polar surface area (TPSA) is 61.2 Å². The molecule has 7 heteroatoms. The van der Waals surface area contributed by atoms with Gasteiger partial charge in [0.1, 0.15) is 0 Å². The standard InChI is InChI=1S/C21H29N5O2/c1-2-23-13-15-25(16-14-23)20(27)18-17-9-5-8-12-26(17)19(22-18)21(28)24-10-6-3-4-7-11-24/h5,8-9,12H,2-4,6-7,10-11,13-16H2,1H3. The molecule has 0 aliphatic carbocycles. The normalized spacial score (nSPS) is 19.0. The van der Waals surface area contributed by atoms with Crippen LogP contribution >= 0.6 is 0 Å². The van der Waals surface area contributed by atoms with Crippen LogP contribution in [0, 0.1) is 0 Å². The third-order valence-electron chi connectivity index (χ3n) is 5.94. The first-order valence-electron chi connectivity index (χ1n) is 10.5. The van der Waals surface area contributed by atoms with Gasteiger partial charge in [0.15, 0.2) is 5.69 Å². The summed E-state index contributed by atoms with van der Waals surface area (Å²) in [5.74, 6) is 0.209. The molecule has 0 N–H and O–H groups in total. The summed E-state index contributed by atoms with van der Waals surface area (Å²) >= 11 is 0. The first-order chi connectivity index (χ1) is 13.7. The molecule has 7 nitrogen and oxygen atoms in total. The van der Waals surface area contributed by atoms with E-state index < -0.39 is 0 Å². The lowest BCUT2D eigenvalue weighted by atomic mass is 10.2. The van der Waals surface area contributed by atoms with Gasteiger partial charge in [-0.3, -0.25) is 14.0 Å². The van der Waals surface area contributed by atoms with Crippen molar-refractivity contribution < 1.29 is 9.59 Å². The second-order valence-electron chi connectivity index (χ2n) is 7.67. The Morgan fingerprint density at radius 3 is 2.25 bits per heavy atom. The molecule has 4 rings (SSSR count). The van der Waals surface area contributed by atoms with E-state index in [1.54, 1.807) is 4.40 Å². The molecule has 0 spiro atoms. The number of imidazole rings is 1. The van der Waals surface area contributed by atoms with Gasteiger partial charge in [0.2, 0.25) is 5.82 Å². The van der Waals surface area contributed by atoms with Crippen LogP contribution in [0.2, 0.25) is 0 Å². The lowest BCUT2D eigenvalue weighted by molar-refractivity contribution is 0.0640. The maximum atomic E-state index is 13.2. The molecule has 2 aromatic heterocycles. The Labute approximate surface area is 165 Å². The highest BCUT2D eigenvalue weighted by Gasteiger charge is 2.29. The second kappa shape index (κ2) is 8.31. The molecule has 2 aliphatic rings. The maximum absolute atomic E-state index is 13.2. The predicted molar refractivity (Wildman–Crippen MR) is 108 cm³/mol. The third-order valence-corrected chi connectivity index (χ3v) is 5.94. The van der Waals surface area contributed by atoms with Crippen LogP contribution < -0.4 is 0 Å². The van der Waals surface area contributed by atoms with Crippen molar-refractivity contribution in [3.63, 3.8) is 0 Å². The fourth-order valence-corrected chi connectivity index (χ4v) is 4.18. The van der Waals surface area contributed by atoms with E-state index in [4.69, 9.17) is 0 Å². The summed E-state index contributed by atoms with van der Waals surface area (Å²) in [4.78, 5) is 37.0. The number of nitrogens with zero attached hydrogens (tertiary/aromatic N) is 5. The van der Waals surface area contributed by atoms with Crippen molar-refractivity contribution >= 4 is 17.3 Å². The Morgan fingerprint density at radius 2 is 1.57 bits per heavy atom. The van der Waals surface area contributed by atoms with Gasteiger partial charge in [-0.05, 0) is 31.5 Å². The summed E-state index contributed by atoms with van der Waals surface area (Å²) < 4.78 is 1.78. The number of hydrogen-bond acceptors (Lipinski definition) is 4. The van der Waals surface area contributed by atoms with Gasteiger partial charge in [0.05, 0.1) is 5.52 Å². The molecule has 2 amide bonds. The van der Waals surface area contributed by atoms with E-state index in [2.05, 4.69) is 16.8 Å². The van der Waals surface area contributed by atoms with Crippen LogP contribution in [0.5, 0.6) is 0 Å². The van der Waals surface area contributed by atoms with E-state index in [0.29, 0.717) is 30.1 Å². The van der Waals surface area contributed by atoms with Crippen molar-refractivity contribution in [1.82, 2.24) is 24.1 Å². The minimum absolute atomic E-state index is 0.0713. The number of fused-ring (bicyclic) bond motifs is 1. The van der Waals surface area contributed by atoms with Gasteiger partial charge < -0.3 is 14.7 Å². The lowest BCUT2D eigenvalue weighted by Crippen LogP contribution is -2.48. The average molecular weight is 383 g/mol. The van der Waals surface area contributed by atoms with Crippen LogP contribution in [0.25, 0.3) is 5.52 Å². The van der Waals surface area contributed by atoms with Crippen molar-refractivity contribution in [2.75, 3.05) is 45.8 Å². The van der Waals surface area contributed by atoms with Crippen LogP contribution in [-0.2, 0) is 0 Å². The Balaban J connectivity index is 1.63. The number of amides is 2. The van der Waals surface area contributed by atoms with Crippen LogP contribution in [0.3, 0.4) is 0 Å². The van der Waals surface area contributed by atoms with Crippen LogP contribution in [0.1, 0.15) is 53.7 Å². The highest BCUT2D eigenvalue weighted by molar-refractivity contribution is 6.02. The molecule has 0 unspecified atom stereocenters. The molecule has 0 aromatic carbocycles. The molecule has 4 heterocycles. The molecule has 28 heavy (non-hydrogen) atoms. The number of likely N-dealkylation sites (tertiary alicyclic amines) is 1. The summed E-state index contributed by atoms with van der Waals surface area (Å²) in [5.41, 5.74) is 1.10. The quantitative estimate of drug-likeness (QED) is 0.815. The Hall–Kier alpha value is -2.41. The van der Waals surface area contributed by atoms with Gasteiger partial charge in [-0.25, -0.2) is 4.98 Å². The number of likely N-dealkylation sites (N-methyl/N-ethyl adjacent to an activating group) is 1. The molecule has 0 bridgehead atoms. The molecular formula is C21H29N5O2. The fourth-order valence-electron chi connectivity index (χ4n) is 4.18. The summed E-state index contributed by atoms with van der Waals surface area (Å²) in [5, 5.41) is 0. The molecule has 0 atom stereocenters. The number of pyridine rings is 1. The molecule has 2 aliphatic heterocycles. The highest BCUT2D eigenvalue weighted by Crippen LogP contribution is 2.19. The number of hydrogen-bond donors (Lipinski definition) is 0. The molecule has 2 saturated heterocycles. The molecular weight excluding hydrogens is 354 g/mol. The Kier molecular flexibility index (Phi) is 5.62. The Bertz CT molecular complexity index is 846. The summed E-state index contributed by atoms with van der Waals surface area (Å²) in [7, 11) is 0. The van der Waals surface area contributed by atoms with Crippen LogP contribution in [-0.4, -0.2) is 81.7 Å². The first kappa shape index (κ1) is 18.9. The smallest absolute Gasteiger partial charge is 0.290 e. The van der Waals surface area contributed by atoms with Crippen molar-refractivity contribution in [3.05, 3.63) is 35.9 Å². The average Bonchev–Trinajstić information content (AvgIpc) is 2.92. The highest BCUT2D eigenvalue weighted by atomic mass is 16.2. The van der Waals surface area contributed by atoms with E-state index in [0.717, 1.165) is 45.6 Å². The number of aromatic nitrogens is 2. The number of carbonyl (C=O) groups excluding carboxylic acids is 2. The van der Waals surface area contributed by atoms with Gasteiger partial charge in [0.25, 0.3) is 11.8 Å². The SMILES string of the molecule is CCN1CCN(C(=O)c2nc(C(=O)N3CCCCCC3)n3ccccc23)CC1. The maximum Gasteiger partial charge on any atom is 0.290 e. The van der Waals surface area contributed by atoms with E-state index in [1.807, 2.05) is 34.2 Å². The minimum Gasteiger partial charge on any atom is -0.336 e. The van der Waals surface area contributed by atoms with Crippen LogP contribution in [0.15, 0.2) is 24.4 Å². The molecule has 0 saturated carbocycles. The van der Waals surface area contributed by atoms with Crippen molar-refractivity contribution in [1.29, 1.82) is 0 Å². The van der Waals surface area contributed by atoms with E-state index >= 15 is 0 Å². The predicted octanol–water partition coefficient (Wildman–Crippen LogP) is 2.13. The van der Waals surface area contributed by atoms with Gasteiger partial charge in [0, 0.05) is 45.5 Å². The van der Waals surface area contributed by atoms with E-state index in [1.165, 1.54) is 12.8 Å². The minimum atomic E-state index is -0.0747. The molecule has 2 fully saturated rings. The summed E-state index contributed by atoms with van der Waals surface area (Å²) in [6, 6.07) is 5.65. The molecule has 0 radical (unpaired) electrons. The van der Waals surface area contributed by atoms with Crippen molar-refractivity contribution in [2.45, 2.75) is 32.6 Å². The van der Waals surface area contributed by atoms with Crippen LogP contribution in [0.4, 0.5) is 0 Å². The molecule has 150 valence electrons. The van der Waals surface area contributed by atoms with Crippen molar-refractivity contribution in [2.24, 2.45) is 0 Å². The zero-order chi connectivity index (χ0) is 19.5. The van der Waals surface area contributed by atoms with Gasteiger partial charge in [-0.1, -0.05) is 25.8 Å². The largest absolute Gasteiger partial charge is 0.336 e. The molecule has 2 aromatic rings. The fraction of sp³-hybridized carbons (Fsp3) is 0.571. The number of carbonyl (C=O) groups is 2. The second-order valence-corrected chi connectivity index (χ2v) is 7.67. The number of rotatable bonds is 3. The number of piperazine rings is 1. The zero-order valence-corrected chi connectivity index (χ0v) is 16.6. The first-order valence-corrected chi connectivity index (χ1v) is 10.5. The third kappa shape index (κ3) is 3.63.